The number of hydrogen-bond acceptors (Lipinski definition) is 6. The van der Waals surface area contributed by atoms with Gasteiger partial charge in [-0.1, -0.05) is 36.4 Å². The van der Waals surface area contributed by atoms with Crippen LogP contribution in [0.2, 0.25) is 0 Å². The molecule has 150 valence electrons. The average Bonchev–Trinajstić information content (AvgIpc) is 3.04. The van der Waals surface area contributed by atoms with Gasteiger partial charge >= 0.3 is 0 Å². The van der Waals surface area contributed by atoms with Crippen molar-refractivity contribution in [2.75, 3.05) is 42.9 Å². The number of benzene rings is 1. The van der Waals surface area contributed by atoms with E-state index in [4.69, 9.17) is 0 Å². The predicted molar refractivity (Wildman–Crippen MR) is 117 cm³/mol. The van der Waals surface area contributed by atoms with Gasteiger partial charge in [0.1, 0.15) is 5.82 Å². The Morgan fingerprint density at radius 3 is 2.69 bits per heavy atom. The molecule has 4 rings (SSSR count). The van der Waals surface area contributed by atoms with Gasteiger partial charge in [0.15, 0.2) is 5.13 Å². The maximum atomic E-state index is 12.5. The average molecular weight is 408 g/mol. The number of hydrogen-bond donors (Lipinski definition) is 1. The number of carbonyl (C=O) groups excluding carboxylic acids is 1. The van der Waals surface area contributed by atoms with Crippen molar-refractivity contribution in [1.29, 1.82) is 0 Å². The summed E-state index contributed by atoms with van der Waals surface area (Å²) in [5.74, 6) is 1.00. The quantitative estimate of drug-likeness (QED) is 0.680. The second-order valence-electron chi connectivity index (χ2n) is 7.15. The van der Waals surface area contributed by atoms with Gasteiger partial charge in [0.2, 0.25) is 5.91 Å². The van der Waals surface area contributed by atoms with Crippen LogP contribution in [0.3, 0.4) is 0 Å². The van der Waals surface area contributed by atoms with Crippen molar-refractivity contribution >= 4 is 28.2 Å². The largest absolute Gasteiger partial charge is 0.355 e. The molecule has 0 radical (unpaired) electrons. The minimum Gasteiger partial charge on any atom is -0.355 e. The van der Waals surface area contributed by atoms with Gasteiger partial charge in [-0.15, -0.1) is 11.3 Å². The number of anilines is 2. The van der Waals surface area contributed by atoms with E-state index < -0.39 is 0 Å². The zero-order chi connectivity index (χ0) is 19.9. The summed E-state index contributed by atoms with van der Waals surface area (Å²) in [7, 11) is 0. The van der Waals surface area contributed by atoms with E-state index in [0.29, 0.717) is 11.7 Å². The Labute approximate surface area is 175 Å². The van der Waals surface area contributed by atoms with E-state index in [1.54, 1.807) is 11.3 Å². The molecule has 3 aromatic rings. The number of pyridine rings is 1. The van der Waals surface area contributed by atoms with E-state index >= 15 is 0 Å². The van der Waals surface area contributed by atoms with Crippen LogP contribution in [0.4, 0.5) is 10.9 Å². The lowest BCUT2D eigenvalue weighted by Gasteiger charge is -2.22. The summed E-state index contributed by atoms with van der Waals surface area (Å²) in [6.07, 6.45) is 5.53. The van der Waals surface area contributed by atoms with Gasteiger partial charge in [-0.2, -0.15) is 0 Å². The molecule has 0 spiro atoms. The molecule has 0 saturated carbocycles. The molecule has 1 aliphatic heterocycles. The molecule has 7 heteroatoms. The van der Waals surface area contributed by atoms with Crippen LogP contribution in [0.25, 0.3) is 0 Å². The highest BCUT2D eigenvalue weighted by molar-refractivity contribution is 7.15. The molecule has 1 saturated heterocycles. The van der Waals surface area contributed by atoms with Crippen molar-refractivity contribution in [1.82, 2.24) is 14.9 Å². The number of thiazole rings is 1. The van der Waals surface area contributed by atoms with E-state index in [1.165, 1.54) is 5.56 Å². The van der Waals surface area contributed by atoms with E-state index in [2.05, 4.69) is 37.2 Å². The Morgan fingerprint density at radius 1 is 1.00 bits per heavy atom. The van der Waals surface area contributed by atoms with E-state index in [9.17, 15) is 4.79 Å². The van der Waals surface area contributed by atoms with Gasteiger partial charge < -0.3 is 10.2 Å². The summed E-state index contributed by atoms with van der Waals surface area (Å²) < 4.78 is 0. The first kappa shape index (κ1) is 19.5. The van der Waals surface area contributed by atoms with E-state index in [-0.39, 0.29) is 5.91 Å². The third kappa shape index (κ3) is 5.62. The van der Waals surface area contributed by atoms with Crippen LogP contribution < -0.4 is 10.2 Å². The summed E-state index contributed by atoms with van der Waals surface area (Å²) in [5.41, 5.74) is 1.25. The van der Waals surface area contributed by atoms with E-state index in [1.807, 2.05) is 48.8 Å². The highest BCUT2D eigenvalue weighted by atomic mass is 32.1. The maximum absolute atomic E-state index is 12.5. The molecule has 0 unspecified atom stereocenters. The molecule has 1 aliphatic rings. The molecule has 0 aliphatic carbocycles. The zero-order valence-corrected chi connectivity index (χ0v) is 17.1. The number of nitrogens with one attached hydrogen (secondary N) is 1. The van der Waals surface area contributed by atoms with Gasteiger partial charge in [-0.3, -0.25) is 9.69 Å². The van der Waals surface area contributed by atoms with Gasteiger partial charge in [-0.25, -0.2) is 9.97 Å². The van der Waals surface area contributed by atoms with Crippen LogP contribution in [0.1, 0.15) is 16.9 Å². The summed E-state index contributed by atoms with van der Waals surface area (Å²) in [4.78, 5) is 26.9. The second kappa shape index (κ2) is 9.62. The van der Waals surface area contributed by atoms with E-state index in [0.717, 1.165) is 49.7 Å². The van der Waals surface area contributed by atoms with Gasteiger partial charge in [0.05, 0.1) is 6.54 Å². The number of aromatic nitrogens is 2. The first-order valence-corrected chi connectivity index (χ1v) is 10.7. The molecule has 3 heterocycles. The monoisotopic (exact) mass is 407 g/mol. The normalized spacial score (nSPS) is 15.1. The van der Waals surface area contributed by atoms with Crippen LogP contribution in [-0.4, -0.2) is 53.5 Å². The molecule has 1 aromatic carbocycles. The van der Waals surface area contributed by atoms with Crippen LogP contribution in [0.5, 0.6) is 0 Å². The number of nitrogens with zero attached hydrogens (tertiary/aromatic N) is 4. The molecule has 1 amide bonds. The summed E-state index contributed by atoms with van der Waals surface area (Å²) >= 11 is 1.54. The van der Waals surface area contributed by atoms with Crippen molar-refractivity contribution in [3.8, 4) is 0 Å². The minimum atomic E-state index is -0.00287. The third-order valence-electron chi connectivity index (χ3n) is 4.95. The standard InChI is InChI=1S/C22H25N5OS/c28-21(25-22-24-16-19(29-22)15-18-7-2-1-3-8-18)17-26-11-6-12-27(14-13-26)20-9-4-5-10-23-20/h1-5,7-10,16H,6,11-15,17H2,(H,24,25,28). The van der Waals surface area contributed by atoms with Crippen molar-refractivity contribution in [2.24, 2.45) is 0 Å². The zero-order valence-electron chi connectivity index (χ0n) is 16.3. The van der Waals surface area contributed by atoms with Gasteiger partial charge in [0.25, 0.3) is 0 Å². The molecular formula is C22H25N5OS. The Balaban J connectivity index is 1.26. The van der Waals surface area contributed by atoms with Crippen LogP contribution in [-0.2, 0) is 11.2 Å². The van der Waals surface area contributed by atoms with Crippen LogP contribution in [0, 0.1) is 0 Å². The van der Waals surface area contributed by atoms with Gasteiger partial charge in [-0.05, 0) is 24.1 Å². The highest BCUT2D eigenvalue weighted by Gasteiger charge is 2.18. The van der Waals surface area contributed by atoms with Crippen molar-refractivity contribution in [3.05, 3.63) is 71.4 Å². The topological polar surface area (TPSA) is 61.4 Å². The molecule has 0 atom stereocenters. The number of carbonyl (C=O) groups is 1. The highest BCUT2D eigenvalue weighted by Crippen LogP contribution is 2.21. The van der Waals surface area contributed by atoms with Crippen molar-refractivity contribution in [2.45, 2.75) is 12.8 Å². The van der Waals surface area contributed by atoms with Crippen molar-refractivity contribution in [3.63, 3.8) is 0 Å². The van der Waals surface area contributed by atoms with Crippen LogP contribution >= 0.6 is 11.3 Å². The summed E-state index contributed by atoms with van der Waals surface area (Å²) in [6, 6.07) is 16.3. The molecule has 1 N–H and O–H groups in total. The first-order valence-electron chi connectivity index (χ1n) is 9.93. The fourth-order valence-corrected chi connectivity index (χ4v) is 4.37. The fraction of sp³-hybridized carbons (Fsp3) is 0.318. The van der Waals surface area contributed by atoms with Gasteiger partial charge in [0, 0.05) is 49.9 Å². The van der Waals surface area contributed by atoms with Crippen LogP contribution in [0.15, 0.2) is 60.9 Å². The molecule has 6 nitrogen and oxygen atoms in total. The Bertz CT molecular complexity index is 915. The lowest BCUT2D eigenvalue weighted by molar-refractivity contribution is -0.117. The summed E-state index contributed by atoms with van der Waals surface area (Å²) in [5, 5.41) is 3.63. The minimum absolute atomic E-state index is 0.00287. The summed E-state index contributed by atoms with van der Waals surface area (Å²) in [6.45, 7) is 3.99. The maximum Gasteiger partial charge on any atom is 0.240 e. The molecule has 29 heavy (non-hydrogen) atoms. The SMILES string of the molecule is O=C(CN1CCCN(c2ccccn2)CC1)Nc1ncc(Cc2ccccc2)s1. The smallest absolute Gasteiger partial charge is 0.240 e. The lowest BCUT2D eigenvalue weighted by atomic mass is 10.1. The third-order valence-corrected chi connectivity index (χ3v) is 5.86. The molecule has 2 aromatic heterocycles. The number of rotatable bonds is 6. The lowest BCUT2D eigenvalue weighted by Crippen LogP contribution is -2.36. The Morgan fingerprint density at radius 2 is 1.86 bits per heavy atom. The number of amides is 1. The Kier molecular flexibility index (Phi) is 6.49. The molecule has 0 bridgehead atoms. The molecule has 1 fully saturated rings. The molecular weight excluding hydrogens is 382 g/mol. The second-order valence-corrected chi connectivity index (χ2v) is 8.26. The predicted octanol–water partition coefficient (Wildman–Crippen LogP) is 3.28. The van der Waals surface area contributed by atoms with Crippen molar-refractivity contribution < 1.29 is 4.79 Å². The fourth-order valence-electron chi connectivity index (χ4n) is 3.50. The Hall–Kier alpha value is -2.77. The first-order chi connectivity index (χ1) is 14.3.